The summed E-state index contributed by atoms with van der Waals surface area (Å²) in [6.45, 7) is 1.86. The van der Waals surface area contributed by atoms with Crippen molar-refractivity contribution in [2.24, 2.45) is 21.5 Å². The Morgan fingerprint density at radius 3 is 2.53 bits per heavy atom. The lowest BCUT2D eigenvalue weighted by Crippen LogP contribution is -2.47. The van der Waals surface area contributed by atoms with Crippen LogP contribution in [0.15, 0.2) is 28.2 Å². The van der Waals surface area contributed by atoms with E-state index < -0.39 is 0 Å². The van der Waals surface area contributed by atoms with Crippen LogP contribution in [-0.2, 0) is 0 Å². The largest absolute Gasteiger partial charge is 0.369 e. The zero-order chi connectivity index (χ0) is 12.6. The summed E-state index contributed by atoms with van der Waals surface area (Å²) in [7, 11) is 0. The molecule has 1 aromatic rings. The quantitative estimate of drug-likeness (QED) is 0.817. The maximum Gasteiger partial charge on any atom is 0.220 e. The van der Waals surface area contributed by atoms with E-state index in [0.29, 0.717) is 10.0 Å². The standard InChI is InChI=1S/C10H11Cl2N5/c1-5-15-9(13)16-10(14)17(5)6-2-3-7(11)8(12)4-6/h2-5H,1H3,(H4,13,14,15,16)/t5-/m0/s1. The summed E-state index contributed by atoms with van der Waals surface area (Å²) in [6, 6.07) is 5.20. The van der Waals surface area contributed by atoms with Gasteiger partial charge in [0.1, 0.15) is 6.17 Å². The molecule has 0 amide bonds. The predicted octanol–water partition coefficient (Wildman–Crippen LogP) is 1.79. The van der Waals surface area contributed by atoms with Gasteiger partial charge in [0.05, 0.1) is 10.0 Å². The molecule has 2 rings (SSSR count). The molecule has 0 radical (unpaired) electrons. The molecule has 1 aromatic carbocycles. The third-order valence-corrected chi connectivity index (χ3v) is 3.09. The van der Waals surface area contributed by atoms with Crippen molar-refractivity contribution in [1.82, 2.24) is 0 Å². The molecule has 1 aliphatic rings. The van der Waals surface area contributed by atoms with E-state index in [9.17, 15) is 0 Å². The lowest BCUT2D eigenvalue weighted by Gasteiger charge is -2.30. The van der Waals surface area contributed by atoms with Crippen molar-refractivity contribution in [3.8, 4) is 0 Å². The third kappa shape index (κ3) is 2.30. The molecule has 90 valence electrons. The smallest absolute Gasteiger partial charge is 0.220 e. The maximum atomic E-state index is 5.96. The zero-order valence-corrected chi connectivity index (χ0v) is 10.6. The summed E-state index contributed by atoms with van der Waals surface area (Å²) in [5.74, 6) is 0.453. The number of aliphatic imine (C=N–C) groups is 2. The van der Waals surface area contributed by atoms with Crippen LogP contribution in [0, 0.1) is 0 Å². The molecule has 0 bridgehead atoms. The number of anilines is 1. The molecule has 17 heavy (non-hydrogen) atoms. The average Bonchev–Trinajstić information content (AvgIpc) is 2.21. The monoisotopic (exact) mass is 271 g/mol. The number of rotatable bonds is 1. The molecule has 4 N–H and O–H groups in total. The topological polar surface area (TPSA) is 80.0 Å². The maximum absolute atomic E-state index is 5.96. The van der Waals surface area contributed by atoms with Gasteiger partial charge in [-0.2, -0.15) is 4.99 Å². The van der Waals surface area contributed by atoms with Crippen LogP contribution in [0.25, 0.3) is 0 Å². The number of guanidine groups is 2. The Balaban J connectivity index is 2.40. The summed E-state index contributed by atoms with van der Waals surface area (Å²) in [6.07, 6.45) is -0.232. The minimum Gasteiger partial charge on any atom is -0.369 e. The molecule has 0 spiro atoms. The lowest BCUT2D eigenvalue weighted by atomic mass is 10.2. The normalized spacial score (nSPS) is 19.9. The van der Waals surface area contributed by atoms with Crippen LogP contribution in [0.3, 0.4) is 0 Å². The fourth-order valence-corrected chi connectivity index (χ4v) is 1.92. The average molecular weight is 272 g/mol. The highest BCUT2D eigenvalue weighted by Gasteiger charge is 2.22. The van der Waals surface area contributed by atoms with E-state index >= 15 is 0 Å². The van der Waals surface area contributed by atoms with Gasteiger partial charge in [-0.3, -0.25) is 4.90 Å². The number of halogens is 2. The summed E-state index contributed by atoms with van der Waals surface area (Å²) < 4.78 is 0. The third-order valence-electron chi connectivity index (χ3n) is 2.35. The number of benzene rings is 1. The van der Waals surface area contributed by atoms with Crippen molar-refractivity contribution in [3.05, 3.63) is 28.2 Å². The van der Waals surface area contributed by atoms with Crippen LogP contribution < -0.4 is 16.4 Å². The molecular weight excluding hydrogens is 261 g/mol. The first-order valence-electron chi connectivity index (χ1n) is 4.91. The predicted molar refractivity (Wildman–Crippen MR) is 71.6 cm³/mol. The van der Waals surface area contributed by atoms with E-state index in [1.807, 2.05) is 6.92 Å². The number of nitrogens with zero attached hydrogens (tertiary/aromatic N) is 3. The lowest BCUT2D eigenvalue weighted by molar-refractivity contribution is 0.752. The van der Waals surface area contributed by atoms with Gasteiger partial charge in [0.2, 0.25) is 11.9 Å². The SMILES string of the molecule is C[C@H]1N=C(N)N=C(N)N1c1ccc(Cl)c(Cl)c1. The van der Waals surface area contributed by atoms with Crippen molar-refractivity contribution >= 4 is 40.8 Å². The van der Waals surface area contributed by atoms with Gasteiger partial charge in [-0.25, -0.2) is 4.99 Å². The summed E-state index contributed by atoms with van der Waals surface area (Å²) in [5.41, 5.74) is 12.1. The summed E-state index contributed by atoms with van der Waals surface area (Å²) in [4.78, 5) is 9.76. The van der Waals surface area contributed by atoms with E-state index in [2.05, 4.69) is 9.98 Å². The van der Waals surface area contributed by atoms with Crippen LogP contribution >= 0.6 is 23.2 Å². The van der Waals surface area contributed by atoms with Gasteiger partial charge < -0.3 is 11.5 Å². The number of nitrogens with two attached hydrogens (primary N) is 2. The van der Waals surface area contributed by atoms with E-state index in [1.54, 1.807) is 23.1 Å². The molecule has 1 heterocycles. The van der Waals surface area contributed by atoms with Gasteiger partial charge in [-0.05, 0) is 25.1 Å². The van der Waals surface area contributed by atoms with Crippen molar-refractivity contribution in [1.29, 1.82) is 0 Å². The summed E-state index contributed by atoms with van der Waals surface area (Å²) >= 11 is 11.8. The molecule has 0 unspecified atom stereocenters. The van der Waals surface area contributed by atoms with Gasteiger partial charge in [-0.15, -0.1) is 0 Å². The van der Waals surface area contributed by atoms with Crippen molar-refractivity contribution < 1.29 is 0 Å². The Bertz CT molecular complexity index is 511. The van der Waals surface area contributed by atoms with Gasteiger partial charge in [0.25, 0.3) is 0 Å². The van der Waals surface area contributed by atoms with Crippen LogP contribution in [0.1, 0.15) is 6.92 Å². The molecule has 0 aromatic heterocycles. The Labute approximate surface area is 109 Å². The first kappa shape index (κ1) is 12.0. The Kier molecular flexibility index (Phi) is 3.13. The molecule has 5 nitrogen and oxygen atoms in total. The summed E-state index contributed by atoms with van der Waals surface area (Å²) in [5, 5.41) is 0.935. The number of hydrogen-bond acceptors (Lipinski definition) is 5. The second-order valence-electron chi connectivity index (χ2n) is 3.56. The van der Waals surface area contributed by atoms with E-state index in [1.165, 1.54) is 0 Å². The Morgan fingerprint density at radius 1 is 1.24 bits per heavy atom. The minimum absolute atomic E-state index is 0.173. The van der Waals surface area contributed by atoms with Gasteiger partial charge in [0, 0.05) is 5.69 Å². The van der Waals surface area contributed by atoms with Gasteiger partial charge in [0.15, 0.2) is 0 Å². The van der Waals surface area contributed by atoms with Crippen molar-refractivity contribution in [2.75, 3.05) is 4.90 Å². The van der Waals surface area contributed by atoms with E-state index in [0.717, 1.165) is 5.69 Å². The molecule has 0 saturated heterocycles. The molecular formula is C10H11Cl2N5. The molecule has 0 aliphatic carbocycles. The highest BCUT2D eigenvalue weighted by Crippen LogP contribution is 2.28. The molecule has 0 fully saturated rings. The first-order chi connectivity index (χ1) is 7.99. The van der Waals surface area contributed by atoms with E-state index in [4.69, 9.17) is 34.7 Å². The molecule has 1 aliphatic heterocycles. The van der Waals surface area contributed by atoms with E-state index in [-0.39, 0.29) is 18.1 Å². The minimum atomic E-state index is -0.232. The van der Waals surface area contributed by atoms with Gasteiger partial charge >= 0.3 is 0 Å². The first-order valence-corrected chi connectivity index (χ1v) is 5.66. The van der Waals surface area contributed by atoms with Crippen LogP contribution in [0.5, 0.6) is 0 Å². The molecule has 7 heteroatoms. The van der Waals surface area contributed by atoms with Gasteiger partial charge in [-0.1, -0.05) is 23.2 Å². The number of hydrogen-bond donors (Lipinski definition) is 2. The van der Waals surface area contributed by atoms with Crippen LogP contribution in [-0.4, -0.2) is 18.1 Å². The highest BCUT2D eigenvalue weighted by atomic mass is 35.5. The fraction of sp³-hybridized carbons (Fsp3) is 0.200. The second kappa shape index (κ2) is 4.43. The van der Waals surface area contributed by atoms with Crippen molar-refractivity contribution in [3.63, 3.8) is 0 Å². The Morgan fingerprint density at radius 2 is 1.94 bits per heavy atom. The van der Waals surface area contributed by atoms with Crippen LogP contribution in [0.4, 0.5) is 5.69 Å². The van der Waals surface area contributed by atoms with Crippen LogP contribution in [0.2, 0.25) is 10.0 Å². The second-order valence-corrected chi connectivity index (χ2v) is 4.37. The Hall–Kier alpha value is -1.46. The molecule has 0 saturated carbocycles. The fourth-order valence-electron chi connectivity index (χ4n) is 1.62. The zero-order valence-electron chi connectivity index (χ0n) is 9.06. The van der Waals surface area contributed by atoms with Crippen molar-refractivity contribution in [2.45, 2.75) is 13.1 Å². The highest BCUT2D eigenvalue weighted by molar-refractivity contribution is 6.42. The molecule has 1 atom stereocenters.